The molecule has 0 bridgehead atoms. The molecule has 0 aromatic carbocycles. The number of aromatic amines is 1. The molecule has 0 aliphatic heterocycles. The third-order valence-electron chi connectivity index (χ3n) is 4.13. The maximum absolute atomic E-state index is 12.7. The minimum absolute atomic E-state index is 0.0234. The molecule has 0 saturated heterocycles. The molecule has 3 aromatic heterocycles. The highest BCUT2D eigenvalue weighted by molar-refractivity contribution is 6.09. The van der Waals surface area contributed by atoms with Crippen molar-refractivity contribution in [1.29, 1.82) is 0 Å². The zero-order valence-electron chi connectivity index (χ0n) is 16.1. The summed E-state index contributed by atoms with van der Waals surface area (Å²) in [5.41, 5.74) is 1.07. The fraction of sp³-hybridized carbons (Fsp3) is 0.421. The van der Waals surface area contributed by atoms with E-state index in [9.17, 15) is 9.59 Å². The Balaban J connectivity index is 1.77. The molecular weight excluding hydrogens is 362 g/mol. The molecule has 0 fully saturated rings. The van der Waals surface area contributed by atoms with E-state index in [-0.39, 0.29) is 30.5 Å². The Bertz CT molecular complexity index is 999. The first-order valence-corrected chi connectivity index (χ1v) is 8.96. The lowest BCUT2D eigenvalue weighted by molar-refractivity contribution is 0.0851. The summed E-state index contributed by atoms with van der Waals surface area (Å²) in [5.74, 6) is -0.327. The number of fused-ring (bicyclic) bond motifs is 1. The van der Waals surface area contributed by atoms with E-state index < -0.39 is 5.41 Å². The van der Waals surface area contributed by atoms with E-state index in [1.54, 1.807) is 18.3 Å². The van der Waals surface area contributed by atoms with E-state index in [1.807, 2.05) is 20.8 Å². The van der Waals surface area contributed by atoms with Crippen LogP contribution in [0.15, 0.2) is 24.5 Å². The van der Waals surface area contributed by atoms with Crippen molar-refractivity contribution < 1.29 is 19.4 Å². The van der Waals surface area contributed by atoms with E-state index in [0.717, 1.165) is 0 Å². The molecule has 28 heavy (non-hydrogen) atoms. The average Bonchev–Trinajstić information content (AvgIpc) is 3.29. The van der Waals surface area contributed by atoms with Crippen molar-refractivity contribution in [2.45, 2.75) is 27.3 Å². The van der Waals surface area contributed by atoms with Gasteiger partial charge >= 0.3 is 0 Å². The van der Waals surface area contributed by atoms with Crippen LogP contribution in [0.1, 0.15) is 47.3 Å². The Labute approximate surface area is 161 Å². The van der Waals surface area contributed by atoms with Crippen LogP contribution in [0.4, 0.5) is 0 Å². The first kappa shape index (κ1) is 19.8. The fourth-order valence-corrected chi connectivity index (χ4v) is 2.65. The second kappa shape index (κ2) is 7.99. The van der Waals surface area contributed by atoms with Gasteiger partial charge in [-0.2, -0.15) is 0 Å². The Hall–Kier alpha value is -2.91. The number of carbonyl (C=O) groups is 2. The van der Waals surface area contributed by atoms with E-state index in [1.165, 1.54) is 10.9 Å². The second-order valence-corrected chi connectivity index (χ2v) is 7.46. The van der Waals surface area contributed by atoms with E-state index >= 15 is 0 Å². The molecule has 0 unspecified atom stereocenters. The van der Waals surface area contributed by atoms with E-state index in [2.05, 4.69) is 20.3 Å². The molecule has 0 aliphatic carbocycles. The number of carbonyl (C=O) groups excluding carboxylic acids is 2. The van der Waals surface area contributed by atoms with Gasteiger partial charge < -0.3 is 14.8 Å². The molecule has 0 radical (unpaired) electrons. The van der Waals surface area contributed by atoms with E-state index in [0.29, 0.717) is 35.4 Å². The molecule has 0 atom stereocenters. The van der Waals surface area contributed by atoms with Crippen molar-refractivity contribution in [2.24, 2.45) is 5.41 Å². The van der Waals surface area contributed by atoms with Crippen LogP contribution in [0.5, 0.6) is 0 Å². The van der Waals surface area contributed by atoms with Crippen molar-refractivity contribution in [3.8, 4) is 0 Å². The number of nitrogens with zero attached hydrogens (tertiary/aromatic N) is 4. The van der Waals surface area contributed by atoms with Gasteiger partial charge in [-0.25, -0.2) is 9.67 Å². The Kier molecular flexibility index (Phi) is 5.66. The summed E-state index contributed by atoms with van der Waals surface area (Å²) in [6.45, 7) is 6.54. The normalized spacial score (nSPS) is 11.9. The van der Waals surface area contributed by atoms with Gasteiger partial charge in [0.15, 0.2) is 11.5 Å². The third-order valence-corrected chi connectivity index (χ3v) is 4.13. The van der Waals surface area contributed by atoms with Gasteiger partial charge in [-0.1, -0.05) is 26.0 Å². The molecule has 9 heteroatoms. The lowest BCUT2D eigenvalue weighted by Crippen LogP contribution is -2.20. The quantitative estimate of drug-likeness (QED) is 0.446. The molecule has 0 aliphatic rings. The molecule has 0 amide bonds. The number of hydrogen-bond donors (Lipinski definition) is 2. The number of ether oxygens (including phenoxy) is 1. The van der Waals surface area contributed by atoms with Gasteiger partial charge in [0.2, 0.25) is 5.78 Å². The maximum atomic E-state index is 12.7. The minimum atomic E-state index is -0.515. The van der Waals surface area contributed by atoms with Gasteiger partial charge in [0, 0.05) is 22.6 Å². The first-order valence-electron chi connectivity index (χ1n) is 8.96. The number of rotatable bonds is 8. The second-order valence-electron chi connectivity index (χ2n) is 7.46. The van der Waals surface area contributed by atoms with Gasteiger partial charge in [0.25, 0.3) is 0 Å². The zero-order chi connectivity index (χ0) is 20.3. The number of Topliss-reactive ketones (excluding diaryl/α,β-unsaturated/α-hetero) is 1. The monoisotopic (exact) mass is 385 g/mol. The van der Waals surface area contributed by atoms with Crippen LogP contribution in [0.3, 0.4) is 0 Å². The summed E-state index contributed by atoms with van der Waals surface area (Å²) in [5, 5.41) is 17.2. The molecule has 3 heterocycles. The standard InChI is InChI=1S/C19H23N5O4/c1-19(2,3)17(27)14-9-12-8-13(10-20-18(12)21-14)16(26)15-11-24(23-22-15)4-6-28-7-5-25/h8-11,25H,4-7H2,1-3H3,(H,20,21). The molecule has 0 saturated carbocycles. The van der Waals surface area contributed by atoms with Crippen molar-refractivity contribution >= 4 is 22.6 Å². The van der Waals surface area contributed by atoms with Gasteiger partial charge in [0.1, 0.15) is 5.65 Å². The van der Waals surface area contributed by atoms with Gasteiger partial charge in [-0.3, -0.25) is 9.59 Å². The summed E-state index contributed by atoms with van der Waals surface area (Å²) in [6.07, 6.45) is 3.00. The van der Waals surface area contributed by atoms with Crippen LogP contribution in [0.25, 0.3) is 11.0 Å². The number of nitrogens with one attached hydrogen (secondary N) is 1. The third kappa shape index (κ3) is 4.32. The van der Waals surface area contributed by atoms with Crippen molar-refractivity contribution in [2.75, 3.05) is 19.8 Å². The van der Waals surface area contributed by atoms with Crippen LogP contribution in [-0.2, 0) is 11.3 Å². The van der Waals surface area contributed by atoms with Crippen LogP contribution in [-0.4, -0.2) is 61.5 Å². The van der Waals surface area contributed by atoms with Crippen LogP contribution in [0, 0.1) is 5.41 Å². The maximum Gasteiger partial charge on any atom is 0.216 e. The smallest absolute Gasteiger partial charge is 0.216 e. The summed E-state index contributed by atoms with van der Waals surface area (Å²) >= 11 is 0. The number of aromatic nitrogens is 5. The Morgan fingerprint density at radius 1 is 1.25 bits per heavy atom. The van der Waals surface area contributed by atoms with Gasteiger partial charge in [-0.15, -0.1) is 5.10 Å². The Morgan fingerprint density at radius 3 is 2.75 bits per heavy atom. The number of ketones is 2. The highest BCUT2D eigenvalue weighted by Gasteiger charge is 2.25. The SMILES string of the molecule is CC(C)(C)C(=O)c1cc2cc(C(=O)c3cn(CCOCCO)nn3)cnc2[nH]1. The van der Waals surface area contributed by atoms with Crippen LogP contribution in [0.2, 0.25) is 0 Å². The topological polar surface area (TPSA) is 123 Å². The molecule has 3 rings (SSSR count). The predicted molar refractivity (Wildman–Crippen MR) is 101 cm³/mol. The lowest BCUT2D eigenvalue weighted by atomic mass is 9.89. The summed E-state index contributed by atoms with van der Waals surface area (Å²) in [7, 11) is 0. The Morgan fingerprint density at radius 2 is 2.04 bits per heavy atom. The predicted octanol–water partition coefficient (Wildman–Crippen LogP) is 1.62. The lowest BCUT2D eigenvalue weighted by Gasteiger charge is -2.14. The largest absolute Gasteiger partial charge is 0.394 e. The molecule has 0 spiro atoms. The van der Waals surface area contributed by atoms with Crippen LogP contribution < -0.4 is 0 Å². The number of aliphatic hydroxyl groups is 1. The minimum Gasteiger partial charge on any atom is -0.394 e. The number of H-pyrrole nitrogens is 1. The van der Waals surface area contributed by atoms with Crippen molar-refractivity contribution in [3.63, 3.8) is 0 Å². The van der Waals surface area contributed by atoms with Crippen LogP contribution >= 0.6 is 0 Å². The average molecular weight is 385 g/mol. The van der Waals surface area contributed by atoms with Gasteiger partial charge in [0.05, 0.1) is 38.3 Å². The molecule has 148 valence electrons. The highest BCUT2D eigenvalue weighted by atomic mass is 16.5. The molecule has 2 N–H and O–H groups in total. The van der Waals surface area contributed by atoms with E-state index in [4.69, 9.17) is 9.84 Å². The highest BCUT2D eigenvalue weighted by Crippen LogP contribution is 2.23. The summed E-state index contributed by atoms with van der Waals surface area (Å²) in [6, 6.07) is 3.39. The summed E-state index contributed by atoms with van der Waals surface area (Å²) < 4.78 is 6.68. The molecular formula is C19H23N5O4. The van der Waals surface area contributed by atoms with Crippen molar-refractivity contribution in [3.05, 3.63) is 41.5 Å². The van der Waals surface area contributed by atoms with Crippen molar-refractivity contribution in [1.82, 2.24) is 25.0 Å². The molecule has 3 aromatic rings. The molecule has 9 nitrogen and oxygen atoms in total. The fourth-order valence-electron chi connectivity index (χ4n) is 2.65. The first-order chi connectivity index (χ1) is 13.3. The number of hydrogen-bond acceptors (Lipinski definition) is 7. The zero-order valence-corrected chi connectivity index (χ0v) is 16.1. The van der Waals surface area contributed by atoms with Gasteiger partial charge in [-0.05, 0) is 12.1 Å². The number of pyridine rings is 1. The summed E-state index contributed by atoms with van der Waals surface area (Å²) in [4.78, 5) is 32.4. The number of aliphatic hydroxyl groups excluding tert-OH is 1.